The Labute approximate surface area is 148 Å². The Hall–Kier alpha value is -1.92. The second kappa shape index (κ2) is 9.39. The van der Waals surface area contributed by atoms with E-state index >= 15 is 0 Å². The maximum Gasteiger partial charge on any atom is 0.191 e. The monoisotopic (exact) mass is 345 g/mol. The number of nitrogens with zero attached hydrogens (tertiary/aromatic N) is 3. The molecule has 0 aliphatic heterocycles. The van der Waals surface area contributed by atoms with Crippen LogP contribution in [0.1, 0.15) is 27.9 Å². The van der Waals surface area contributed by atoms with Gasteiger partial charge in [0, 0.05) is 31.2 Å². The van der Waals surface area contributed by atoms with E-state index in [1.807, 2.05) is 6.20 Å². The molecule has 2 N–H and O–H groups in total. The molecule has 0 unspecified atom stereocenters. The molecule has 5 nitrogen and oxygen atoms in total. The van der Waals surface area contributed by atoms with Crippen molar-refractivity contribution in [3.05, 3.63) is 51.5 Å². The van der Waals surface area contributed by atoms with Gasteiger partial charge in [0.1, 0.15) is 5.01 Å². The normalized spacial score (nSPS) is 11.8. The van der Waals surface area contributed by atoms with Crippen molar-refractivity contribution < 1.29 is 0 Å². The minimum atomic E-state index is 0.701. The smallest absolute Gasteiger partial charge is 0.191 e. The summed E-state index contributed by atoms with van der Waals surface area (Å²) >= 11 is 1.75. The fourth-order valence-electron chi connectivity index (χ4n) is 2.29. The van der Waals surface area contributed by atoms with Gasteiger partial charge in [-0.1, -0.05) is 31.2 Å². The van der Waals surface area contributed by atoms with Gasteiger partial charge in [0.15, 0.2) is 5.96 Å². The van der Waals surface area contributed by atoms with E-state index < -0.39 is 0 Å². The van der Waals surface area contributed by atoms with Crippen LogP contribution in [0.2, 0.25) is 0 Å². The Kier molecular flexibility index (Phi) is 7.21. The van der Waals surface area contributed by atoms with Crippen LogP contribution in [0.3, 0.4) is 0 Å². The lowest BCUT2D eigenvalue weighted by Gasteiger charge is -2.12. The van der Waals surface area contributed by atoms with E-state index in [0.717, 1.165) is 30.5 Å². The zero-order chi connectivity index (χ0) is 17.4. The zero-order valence-corrected chi connectivity index (χ0v) is 15.8. The molecule has 0 amide bonds. The second-order valence-corrected chi connectivity index (χ2v) is 7.11. The average molecular weight is 346 g/mol. The van der Waals surface area contributed by atoms with Crippen LogP contribution < -0.4 is 10.6 Å². The summed E-state index contributed by atoms with van der Waals surface area (Å²) < 4.78 is 0. The lowest BCUT2D eigenvalue weighted by molar-refractivity contribution is 0.402. The van der Waals surface area contributed by atoms with Crippen molar-refractivity contribution >= 4 is 17.3 Å². The van der Waals surface area contributed by atoms with Crippen LogP contribution in [0.25, 0.3) is 0 Å². The van der Waals surface area contributed by atoms with Crippen LogP contribution in [0.5, 0.6) is 0 Å². The van der Waals surface area contributed by atoms with Crippen molar-refractivity contribution in [2.24, 2.45) is 4.99 Å². The van der Waals surface area contributed by atoms with Gasteiger partial charge in [0.2, 0.25) is 0 Å². The topological polar surface area (TPSA) is 52.6 Å². The summed E-state index contributed by atoms with van der Waals surface area (Å²) in [7, 11) is 5.95. The molecule has 0 saturated carbocycles. The molecule has 1 aromatic heterocycles. The van der Waals surface area contributed by atoms with Crippen LogP contribution in [-0.4, -0.2) is 37.0 Å². The molecule has 0 saturated heterocycles. The number of rotatable bonds is 7. The van der Waals surface area contributed by atoms with Gasteiger partial charge < -0.3 is 15.5 Å². The van der Waals surface area contributed by atoms with Crippen LogP contribution in [0.4, 0.5) is 0 Å². The van der Waals surface area contributed by atoms with E-state index in [2.05, 4.69) is 70.8 Å². The van der Waals surface area contributed by atoms with Crippen molar-refractivity contribution in [2.45, 2.75) is 33.0 Å². The first-order chi connectivity index (χ1) is 11.6. The van der Waals surface area contributed by atoms with Gasteiger partial charge in [-0.25, -0.2) is 4.98 Å². The highest BCUT2D eigenvalue weighted by Gasteiger charge is 2.03. The van der Waals surface area contributed by atoms with Crippen molar-refractivity contribution in [2.75, 3.05) is 21.1 Å². The van der Waals surface area contributed by atoms with E-state index in [0.29, 0.717) is 6.54 Å². The first-order valence-corrected chi connectivity index (χ1v) is 9.03. The van der Waals surface area contributed by atoms with E-state index in [-0.39, 0.29) is 0 Å². The fourth-order valence-corrected chi connectivity index (χ4v) is 3.09. The minimum absolute atomic E-state index is 0.701. The molecule has 0 fully saturated rings. The Morgan fingerprint density at radius 2 is 1.79 bits per heavy atom. The molecule has 0 atom stereocenters. The van der Waals surface area contributed by atoms with Gasteiger partial charge in [-0.15, -0.1) is 11.3 Å². The first-order valence-electron chi connectivity index (χ1n) is 8.21. The minimum Gasteiger partial charge on any atom is -0.352 e. The molecule has 6 heteroatoms. The third kappa shape index (κ3) is 5.94. The van der Waals surface area contributed by atoms with E-state index in [4.69, 9.17) is 0 Å². The molecule has 1 aromatic carbocycles. The SMILES string of the molecule is CCc1cnc(CNC(=NC)NCc2ccc(CN(C)C)cc2)s1. The summed E-state index contributed by atoms with van der Waals surface area (Å²) in [5.41, 5.74) is 2.56. The summed E-state index contributed by atoms with van der Waals surface area (Å²) in [5.74, 6) is 0.792. The molecule has 24 heavy (non-hydrogen) atoms. The highest BCUT2D eigenvalue weighted by molar-refractivity contribution is 7.11. The maximum atomic E-state index is 4.41. The molecule has 0 aliphatic carbocycles. The molecular weight excluding hydrogens is 318 g/mol. The molecule has 0 aliphatic rings. The van der Waals surface area contributed by atoms with Crippen LogP contribution >= 0.6 is 11.3 Å². The Morgan fingerprint density at radius 1 is 1.12 bits per heavy atom. The molecule has 2 aromatic rings. The van der Waals surface area contributed by atoms with Gasteiger partial charge in [0.25, 0.3) is 0 Å². The molecule has 0 bridgehead atoms. The maximum absolute atomic E-state index is 4.41. The second-order valence-electron chi connectivity index (χ2n) is 5.91. The number of hydrogen-bond donors (Lipinski definition) is 2. The van der Waals surface area contributed by atoms with E-state index in [9.17, 15) is 0 Å². The van der Waals surface area contributed by atoms with Crippen LogP contribution in [0, 0.1) is 0 Å². The zero-order valence-electron chi connectivity index (χ0n) is 15.0. The summed E-state index contributed by atoms with van der Waals surface area (Å²) in [5, 5.41) is 7.74. The molecule has 0 spiro atoms. The summed E-state index contributed by atoms with van der Waals surface area (Å²) in [4.78, 5) is 12.2. The number of guanidine groups is 1. The lowest BCUT2D eigenvalue weighted by Crippen LogP contribution is -2.36. The number of hydrogen-bond acceptors (Lipinski definition) is 4. The van der Waals surface area contributed by atoms with Crippen LogP contribution in [-0.2, 0) is 26.1 Å². The predicted octanol–water partition coefficient (Wildman–Crippen LogP) is 2.63. The van der Waals surface area contributed by atoms with Crippen molar-refractivity contribution in [3.8, 4) is 0 Å². The fraction of sp³-hybridized carbons (Fsp3) is 0.444. The quantitative estimate of drug-likeness (QED) is 0.598. The third-order valence-electron chi connectivity index (χ3n) is 3.56. The van der Waals surface area contributed by atoms with Gasteiger partial charge >= 0.3 is 0 Å². The van der Waals surface area contributed by atoms with Crippen molar-refractivity contribution in [1.82, 2.24) is 20.5 Å². The summed E-state index contributed by atoms with van der Waals surface area (Å²) in [6.07, 6.45) is 2.99. The number of aliphatic imine (C=N–C) groups is 1. The van der Waals surface area contributed by atoms with Gasteiger partial charge in [-0.05, 0) is 31.6 Å². The van der Waals surface area contributed by atoms with Gasteiger partial charge in [-0.3, -0.25) is 4.99 Å². The first kappa shape index (κ1) is 18.4. The summed E-state index contributed by atoms with van der Waals surface area (Å²) in [6, 6.07) is 8.67. The predicted molar refractivity (Wildman–Crippen MR) is 102 cm³/mol. The van der Waals surface area contributed by atoms with Crippen molar-refractivity contribution in [1.29, 1.82) is 0 Å². The Bertz CT molecular complexity index is 646. The molecule has 1 heterocycles. The number of aromatic nitrogens is 1. The van der Waals surface area contributed by atoms with Gasteiger partial charge in [-0.2, -0.15) is 0 Å². The van der Waals surface area contributed by atoms with Crippen LogP contribution in [0.15, 0.2) is 35.5 Å². The van der Waals surface area contributed by atoms with E-state index in [1.165, 1.54) is 16.0 Å². The number of benzene rings is 1. The standard InChI is InChI=1S/C18H27N5S/c1-5-16-11-20-17(24-16)12-22-18(19-2)21-10-14-6-8-15(9-7-14)13-23(3)4/h6-9,11H,5,10,12-13H2,1-4H3,(H2,19,21,22). The highest BCUT2D eigenvalue weighted by Crippen LogP contribution is 2.12. The van der Waals surface area contributed by atoms with Crippen molar-refractivity contribution in [3.63, 3.8) is 0 Å². The number of thiazole rings is 1. The lowest BCUT2D eigenvalue weighted by atomic mass is 10.1. The Balaban J connectivity index is 1.80. The molecule has 0 radical (unpaired) electrons. The molecule has 130 valence electrons. The number of aryl methyl sites for hydroxylation is 1. The highest BCUT2D eigenvalue weighted by atomic mass is 32.1. The third-order valence-corrected chi connectivity index (χ3v) is 4.70. The number of nitrogens with one attached hydrogen (secondary N) is 2. The molecular formula is C18H27N5S. The average Bonchev–Trinajstić information content (AvgIpc) is 3.04. The van der Waals surface area contributed by atoms with Gasteiger partial charge in [0.05, 0.1) is 6.54 Å². The summed E-state index contributed by atoms with van der Waals surface area (Å²) in [6.45, 7) is 4.56. The molecule has 2 rings (SSSR count). The Morgan fingerprint density at radius 3 is 2.38 bits per heavy atom. The van der Waals surface area contributed by atoms with E-state index in [1.54, 1.807) is 18.4 Å². The largest absolute Gasteiger partial charge is 0.352 e.